The zero-order chi connectivity index (χ0) is 20.9. The van der Waals surface area contributed by atoms with Crippen molar-refractivity contribution in [2.75, 3.05) is 26.7 Å². The van der Waals surface area contributed by atoms with E-state index in [1.807, 2.05) is 19.1 Å². The summed E-state index contributed by atoms with van der Waals surface area (Å²) in [6, 6.07) is 6.08. The zero-order valence-corrected chi connectivity index (χ0v) is 17.9. The van der Waals surface area contributed by atoms with E-state index < -0.39 is 0 Å². The molecule has 7 nitrogen and oxygen atoms in total. The average molecular weight is 410 g/mol. The van der Waals surface area contributed by atoms with Gasteiger partial charge in [-0.1, -0.05) is 30.9 Å². The van der Waals surface area contributed by atoms with Crippen LogP contribution < -0.4 is 15.4 Å². The van der Waals surface area contributed by atoms with Gasteiger partial charge in [0, 0.05) is 18.5 Å². The number of aromatic nitrogens is 3. The van der Waals surface area contributed by atoms with Crippen LogP contribution in [0.3, 0.4) is 0 Å². The standard InChI is InChI=1S/C23H31N5O2/c1-16-8-9-20-18(12-16)22-19(23(27-20)30-2)14-26-28(22)15-21(29)25-11-10-24-13-17-6-4-3-5-7-17/h8-9,12,14,17,24H,3-7,10-11,13,15H2,1-2H3,(H,25,29). The van der Waals surface area contributed by atoms with Crippen LogP contribution in [0.25, 0.3) is 21.8 Å². The molecule has 1 aromatic carbocycles. The van der Waals surface area contributed by atoms with Gasteiger partial charge in [0.1, 0.15) is 6.54 Å². The number of aryl methyl sites for hydroxylation is 1. The number of nitrogens with one attached hydrogen (secondary N) is 2. The molecule has 1 saturated carbocycles. The summed E-state index contributed by atoms with van der Waals surface area (Å²) >= 11 is 0. The normalized spacial score (nSPS) is 15.0. The molecule has 1 aliphatic rings. The molecule has 0 radical (unpaired) electrons. The molecule has 1 fully saturated rings. The van der Waals surface area contributed by atoms with E-state index in [0.29, 0.717) is 12.4 Å². The molecule has 7 heteroatoms. The largest absolute Gasteiger partial charge is 0.480 e. The molecule has 160 valence electrons. The summed E-state index contributed by atoms with van der Waals surface area (Å²) < 4.78 is 7.19. The molecule has 2 aromatic heterocycles. The molecule has 2 heterocycles. The maximum atomic E-state index is 12.5. The molecule has 1 amide bonds. The number of hydrogen-bond donors (Lipinski definition) is 2. The van der Waals surface area contributed by atoms with Crippen molar-refractivity contribution in [2.45, 2.75) is 45.6 Å². The molecule has 0 atom stereocenters. The van der Waals surface area contributed by atoms with Crippen LogP contribution in [-0.2, 0) is 11.3 Å². The number of hydrogen-bond acceptors (Lipinski definition) is 5. The topological polar surface area (TPSA) is 81.1 Å². The first-order chi connectivity index (χ1) is 14.7. The summed E-state index contributed by atoms with van der Waals surface area (Å²) in [5.74, 6) is 1.28. The van der Waals surface area contributed by atoms with Crippen LogP contribution in [0.1, 0.15) is 37.7 Å². The first-order valence-corrected chi connectivity index (χ1v) is 10.9. The molecule has 3 aromatic rings. The molecule has 0 spiro atoms. The highest BCUT2D eigenvalue weighted by Gasteiger charge is 2.16. The highest BCUT2D eigenvalue weighted by atomic mass is 16.5. The van der Waals surface area contributed by atoms with Crippen LogP contribution in [0, 0.1) is 12.8 Å². The van der Waals surface area contributed by atoms with Crippen LogP contribution >= 0.6 is 0 Å². The third kappa shape index (κ3) is 4.56. The Hall–Kier alpha value is -2.67. The van der Waals surface area contributed by atoms with Gasteiger partial charge in [-0.3, -0.25) is 9.48 Å². The number of nitrogens with zero attached hydrogens (tertiary/aromatic N) is 3. The summed E-state index contributed by atoms with van der Waals surface area (Å²) in [6.07, 6.45) is 8.48. The second-order valence-electron chi connectivity index (χ2n) is 8.26. The van der Waals surface area contributed by atoms with Crippen LogP contribution in [0.5, 0.6) is 5.88 Å². The first kappa shape index (κ1) is 20.6. The maximum Gasteiger partial charge on any atom is 0.241 e. The second-order valence-corrected chi connectivity index (χ2v) is 8.26. The number of pyridine rings is 1. The van der Waals surface area contributed by atoms with Crippen molar-refractivity contribution in [1.82, 2.24) is 25.4 Å². The number of carbonyl (C=O) groups is 1. The van der Waals surface area contributed by atoms with Gasteiger partial charge in [-0.2, -0.15) is 5.10 Å². The Labute approximate surface area is 177 Å². The van der Waals surface area contributed by atoms with Gasteiger partial charge in [0.15, 0.2) is 0 Å². The lowest BCUT2D eigenvalue weighted by Gasteiger charge is -2.21. The number of carbonyl (C=O) groups excluding carboxylic acids is 1. The summed E-state index contributed by atoms with van der Waals surface area (Å²) in [5.41, 5.74) is 2.85. The monoisotopic (exact) mass is 409 g/mol. The van der Waals surface area contributed by atoms with Crippen LogP contribution in [0.15, 0.2) is 24.4 Å². The summed E-state index contributed by atoms with van der Waals surface area (Å²) in [4.78, 5) is 17.1. The van der Waals surface area contributed by atoms with Crippen molar-refractivity contribution in [3.8, 4) is 5.88 Å². The van der Waals surface area contributed by atoms with E-state index >= 15 is 0 Å². The molecule has 0 aliphatic heterocycles. The van der Waals surface area contributed by atoms with Crippen LogP contribution in [-0.4, -0.2) is 47.4 Å². The molecule has 0 unspecified atom stereocenters. The van der Waals surface area contributed by atoms with E-state index in [-0.39, 0.29) is 12.5 Å². The van der Waals surface area contributed by atoms with Crippen molar-refractivity contribution < 1.29 is 9.53 Å². The Morgan fingerprint density at radius 1 is 1.20 bits per heavy atom. The smallest absolute Gasteiger partial charge is 0.241 e. The molecule has 30 heavy (non-hydrogen) atoms. The number of ether oxygens (including phenoxy) is 1. The predicted octanol–water partition coefficient (Wildman–Crippen LogP) is 3.19. The lowest BCUT2D eigenvalue weighted by Crippen LogP contribution is -2.35. The van der Waals surface area contributed by atoms with E-state index in [9.17, 15) is 4.79 Å². The van der Waals surface area contributed by atoms with Crippen molar-refractivity contribution in [1.29, 1.82) is 0 Å². The van der Waals surface area contributed by atoms with E-state index in [0.717, 1.165) is 46.4 Å². The van der Waals surface area contributed by atoms with Crippen molar-refractivity contribution in [3.63, 3.8) is 0 Å². The second kappa shape index (κ2) is 9.43. The van der Waals surface area contributed by atoms with E-state index in [4.69, 9.17) is 4.74 Å². The highest BCUT2D eigenvalue weighted by molar-refractivity contribution is 6.06. The van der Waals surface area contributed by atoms with E-state index in [2.05, 4.69) is 26.8 Å². The average Bonchev–Trinajstić information content (AvgIpc) is 3.17. The van der Waals surface area contributed by atoms with Gasteiger partial charge >= 0.3 is 0 Å². The fraction of sp³-hybridized carbons (Fsp3) is 0.522. The summed E-state index contributed by atoms with van der Waals surface area (Å²) in [6.45, 7) is 4.68. The van der Waals surface area contributed by atoms with E-state index in [1.165, 1.54) is 32.1 Å². The van der Waals surface area contributed by atoms with Gasteiger partial charge in [-0.05, 0) is 44.4 Å². The Morgan fingerprint density at radius 3 is 2.83 bits per heavy atom. The van der Waals surface area contributed by atoms with E-state index in [1.54, 1.807) is 18.0 Å². The van der Waals surface area contributed by atoms with Crippen molar-refractivity contribution in [2.24, 2.45) is 5.92 Å². The fourth-order valence-electron chi connectivity index (χ4n) is 4.39. The van der Waals surface area contributed by atoms with Crippen LogP contribution in [0.2, 0.25) is 0 Å². The number of methoxy groups -OCH3 is 1. The van der Waals surface area contributed by atoms with Crippen molar-refractivity contribution >= 4 is 27.7 Å². The molecule has 1 aliphatic carbocycles. The molecule has 2 N–H and O–H groups in total. The van der Waals surface area contributed by atoms with Gasteiger partial charge in [0.2, 0.25) is 11.8 Å². The lowest BCUT2D eigenvalue weighted by molar-refractivity contribution is -0.121. The highest BCUT2D eigenvalue weighted by Crippen LogP contribution is 2.31. The Morgan fingerprint density at radius 2 is 2.03 bits per heavy atom. The van der Waals surface area contributed by atoms with Crippen molar-refractivity contribution in [3.05, 3.63) is 30.0 Å². The molecular formula is C23H31N5O2. The van der Waals surface area contributed by atoms with Gasteiger partial charge in [-0.25, -0.2) is 4.98 Å². The minimum Gasteiger partial charge on any atom is -0.480 e. The summed E-state index contributed by atoms with van der Waals surface area (Å²) in [7, 11) is 1.60. The Balaban J connectivity index is 1.39. The number of benzene rings is 1. The SMILES string of the molecule is COc1nc2ccc(C)cc2c2c1cnn2CC(=O)NCCNCC1CCCCC1. The zero-order valence-electron chi connectivity index (χ0n) is 17.9. The lowest BCUT2D eigenvalue weighted by atomic mass is 9.89. The summed E-state index contributed by atoms with van der Waals surface area (Å²) in [5, 5.41) is 12.7. The van der Waals surface area contributed by atoms with Gasteiger partial charge < -0.3 is 15.4 Å². The van der Waals surface area contributed by atoms with Gasteiger partial charge in [0.25, 0.3) is 0 Å². The molecular weight excluding hydrogens is 378 g/mol. The maximum absolute atomic E-state index is 12.5. The minimum absolute atomic E-state index is 0.0453. The number of amides is 1. The van der Waals surface area contributed by atoms with Crippen LogP contribution in [0.4, 0.5) is 0 Å². The van der Waals surface area contributed by atoms with Gasteiger partial charge in [-0.15, -0.1) is 0 Å². The molecule has 0 saturated heterocycles. The molecule has 0 bridgehead atoms. The first-order valence-electron chi connectivity index (χ1n) is 10.9. The third-order valence-corrected chi connectivity index (χ3v) is 5.97. The van der Waals surface area contributed by atoms with Gasteiger partial charge in [0.05, 0.1) is 29.7 Å². The predicted molar refractivity (Wildman–Crippen MR) is 119 cm³/mol. The quantitative estimate of drug-likeness (QED) is 0.559. The minimum atomic E-state index is -0.0453. The Kier molecular flexibility index (Phi) is 6.47. The fourth-order valence-corrected chi connectivity index (χ4v) is 4.39. The third-order valence-electron chi connectivity index (χ3n) is 5.97. The number of rotatable bonds is 8. The Bertz CT molecular complexity index is 1020. The molecule has 4 rings (SSSR count). The number of fused-ring (bicyclic) bond motifs is 3.